The minimum absolute atomic E-state index is 0.790. The van der Waals surface area contributed by atoms with E-state index in [1.54, 1.807) is 6.20 Å². The number of hydrogen-bond donors (Lipinski definition) is 1. The Labute approximate surface area is 101 Å². The van der Waals surface area contributed by atoms with Crippen molar-refractivity contribution in [1.29, 1.82) is 0 Å². The highest BCUT2D eigenvalue weighted by atomic mass is 35.5. The second-order valence-electron chi connectivity index (χ2n) is 4.84. The van der Waals surface area contributed by atoms with Crippen LogP contribution in [0.15, 0.2) is 18.5 Å². The van der Waals surface area contributed by atoms with Crippen LogP contribution in [-0.2, 0) is 6.54 Å². The summed E-state index contributed by atoms with van der Waals surface area (Å²) in [4.78, 5) is 6.53. The van der Waals surface area contributed by atoms with Crippen LogP contribution in [0.5, 0.6) is 0 Å². The first-order valence-corrected chi connectivity index (χ1v) is 6.22. The lowest BCUT2D eigenvalue weighted by atomic mass is 10.0. The molecule has 2 saturated heterocycles. The molecular formula is C12H16ClN3. The quantitative estimate of drug-likeness (QED) is 0.843. The van der Waals surface area contributed by atoms with Gasteiger partial charge >= 0.3 is 0 Å². The van der Waals surface area contributed by atoms with E-state index in [9.17, 15) is 0 Å². The van der Waals surface area contributed by atoms with Gasteiger partial charge in [0.15, 0.2) is 0 Å². The van der Waals surface area contributed by atoms with Crippen LogP contribution in [0, 0.1) is 11.8 Å². The summed E-state index contributed by atoms with van der Waals surface area (Å²) in [5.41, 5.74) is 1.20. The molecule has 1 aromatic rings. The number of pyridine rings is 1. The van der Waals surface area contributed by atoms with E-state index in [-0.39, 0.29) is 0 Å². The summed E-state index contributed by atoms with van der Waals surface area (Å²) in [6, 6.07) is 2.02. The SMILES string of the molecule is Clc1cnccc1CN1C[C@H]2CNC[C@H]2C1. The fourth-order valence-corrected chi connectivity index (χ4v) is 3.03. The number of rotatable bonds is 2. The summed E-state index contributed by atoms with van der Waals surface area (Å²) in [5.74, 6) is 1.70. The molecule has 3 rings (SSSR count). The molecule has 0 radical (unpaired) electrons. The molecule has 2 fully saturated rings. The van der Waals surface area contributed by atoms with Crippen LogP contribution in [0.4, 0.5) is 0 Å². The maximum absolute atomic E-state index is 6.12. The smallest absolute Gasteiger partial charge is 0.0634 e. The van der Waals surface area contributed by atoms with E-state index in [0.717, 1.165) is 23.4 Å². The van der Waals surface area contributed by atoms with Crippen LogP contribution in [0.25, 0.3) is 0 Å². The van der Waals surface area contributed by atoms with Gasteiger partial charge in [0.25, 0.3) is 0 Å². The fourth-order valence-electron chi connectivity index (χ4n) is 2.85. The lowest BCUT2D eigenvalue weighted by molar-refractivity contribution is 0.305. The van der Waals surface area contributed by atoms with Crippen LogP contribution < -0.4 is 5.32 Å². The van der Waals surface area contributed by atoms with Crippen molar-refractivity contribution in [3.05, 3.63) is 29.0 Å². The van der Waals surface area contributed by atoms with Gasteiger partial charge < -0.3 is 5.32 Å². The van der Waals surface area contributed by atoms with Crippen LogP contribution in [0.3, 0.4) is 0 Å². The van der Waals surface area contributed by atoms with Crippen LogP contribution in [-0.4, -0.2) is 36.1 Å². The number of nitrogens with one attached hydrogen (secondary N) is 1. The second-order valence-corrected chi connectivity index (χ2v) is 5.25. The topological polar surface area (TPSA) is 28.2 Å². The molecule has 1 aromatic heterocycles. The van der Waals surface area contributed by atoms with Gasteiger partial charge in [-0.1, -0.05) is 11.6 Å². The molecule has 2 aliphatic heterocycles. The van der Waals surface area contributed by atoms with E-state index in [2.05, 4.69) is 15.2 Å². The number of likely N-dealkylation sites (tertiary alicyclic amines) is 1. The lowest BCUT2D eigenvalue weighted by Gasteiger charge is -2.17. The molecule has 0 unspecified atom stereocenters. The summed E-state index contributed by atoms with van der Waals surface area (Å²) < 4.78 is 0. The minimum atomic E-state index is 0.790. The van der Waals surface area contributed by atoms with Gasteiger partial charge in [0, 0.05) is 32.0 Å². The number of nitrogens with zero attached hydrogens (tertiary/aromatic N) is 2. The number of fused-ring (bicyclic) bond motifs is 1. The van der Waals surface area contributed by atoms with Crippen molar-refractivity contribution in [2.75, 3.05) is 26.2 Å². The van der Waals surface area contributed by atoms with Crippen LogP contribution >= 0.6 is 11.6 Å². The van der Waals surface area contributed by atoms with E-state index in [0.29, 0.717) is 0 Å². The summed E-state index contributed by atoms with van der Waals surface area (Å²) in [5, 5.41) is 4.25. The van der Waals surface area contributed by atoms with Gasteiger partial charge in [-0.2, -0.15) is 0 Å². The fraction of sp³-hybridized carbons (Fsp3) is 0.583. The normalized spacial score (nSPS) is 29.6. The molecule has 0 amide bonds. The minimum Gasteiger partial charge on any atom is -0.316 e. The Bertz CT molecular complexity index is 370. The first-order chi connectivity index (χ1) is 7.83. The number of halogens is 1. The third kappa shape index (κ3) is 1.95. The highest BCUT2D eigenvalue weighted by molar-refractivity contribution is 6.31. The molecule has 0 saturated carbocycles. The van der Waals surface area contributed by atoms with Gasteiger partial charge in [-0.15, -0.1) is 0 Å². The van der Waals surface area contributed by atoms with Gasteiger partial charge in [0.2, 0.25) is 0 Å². The average molecular weight is 238 g/mol. The van der Waals surface area contributed by atoms with Crippen LogP contribution in [0.1, 0.15) is 5.56 Å². The molecule has 3 nitrogen and oxygen atoms in total. The summed E-state index contributed by atoms with van der Waals surface area (Å²) >= 11 is 6.12. The molecule has 0 bridgehead atoms. The van der Waals surface area contributed by atoms with E-state index in [4.69, 9.17) is 11.6 Å². The van der Waals surface area contributed by atoms with E-state index < -0.39 is 0 Å². The third-order valence-corrected chi connectivity index (χ3v) is 4.06. The van der Waals surface area contributed by atoms with Gasteiger partial charge in [0.1, 0.15) is 0 Å². The van der Waals surface area contributed by atoms with E-state index in [1.165, 1.54) is 31.7 Å². The van der Waals surface area contributed by atoms with Crippen molar-refractivity contribution < 1.29 is 0 Å². The standard InChI is InChI=1S/C12H16ClN3/c13-12-5-14-2-1-9(12)6-16-7-10-3-15-4-11(10)8-16/h1-2,5,10-11,15H,3-4,6-8H2/t10-,11+. The third-order valence-electron chi connectivity index (χ3n) is 3.72. The highest BCUT2D eigenvalue weighted by Crippen LogP contribution is 2.28. The second kappa shape index (κ2) is 4.32. The Morgan fingerprint density at radius 2 is 2.12 bits per heavy atom. The lowest BCUT2D eigenvalue weighted by Crippen LogP contribution is -2.25. The van der Waals surface area contributed by atoms with Crippen molar-refractivity contribution in [3.63, 3.8) is 0 Å². The molecule has 2 atom stereocenters. The Morgan fingerprint density at radius 3 is 2.81 bits per heavy atom. The molecule has 2 aliphatic rings. The maximum atomic E-state index is 6.12. The summed E-state index contributed by atoms with van der Waals surface area (Å²) in [6.45, 7) is 5.75. The van der Waals surface area contributed by atoms with Crippen molar-refractivity contribution in [1.82, 2.24) is 15.2 Å². The van der Waals surface area contributed by atoms with Crippen molar-refractivity contribution >= 4 is 11.6 Å². The molecular weight excluding hydrogens is 222 g/mol. The predicted octanol–water partition coefficient (Wildman–Crippen LogP) is 1.39. The van der Waals surface area contributed by atoms with Crippen molar-refractivity contribution in [2.24, 2.45) is 11.8 Å². The molecule has 3 heterocycles. The van der Waals surface area contributed by atoms with E-state index >= 15 is 0 Å². The summed E-state index contributed by atoms with van der Waals surface area (Å²) in [6.07, 6.45) is 3.55. The monoisotopic (exact) mass is 237 g/mol. The Balaban J connectivity index is 1.66. The zero-order valence-electron chi connectivity index (χ0n) is 9.19. The van der Waals surface area contributed by atoms with Crippen molar-refractivity contribution in [3.8, 4) is 0 Å². The number of hydrogen-bond acceptors (Lipinski definition) is 3. The Kier molecular flexibility index (Phi) is 2.84. The maximum Gasteiger partial charge on any atom is 0.0634 e. The largest absolute Gasteiger partial charge is 0.316 e. The zero-order valence-corrected chi connectivity index (χ0v) is 9.95. The Morgan fingerprint density at radius 1 is 1.38 bits per heavy atom. The molecule has 0 aliphatic carbocycles. The molecule has 86 valence electrons. The summed E-state index contributed by atoms with van der Waals surface area (Å²) in [7, 11) is 0. The highest BCUT2D eigenvalue weighted by Gasteiger charge is 2.35. The molecule has 4 heteroatoms. The first-order valence-electron chi connectivity index (χ1n) is 5.84. The molecule has 0 aromatic carbocycles. The van der Waals surface area contributed by atoms with Gasteiger partial charge in [-0.25, -0.2) is 0 Å². The predicted molar refractivity (Wildman–Crippen MR) is 64.4 cm³/mol. The van der Waals surface area contributed by atoms with Crippen LogP contribution in [0.2, 0.25) is 5.02 Å². The van der Waals surface area contributed by atoms with Gasteiger partial charge in [-0.3, -0.25) is 9.88 Å². The number of aromatic nitrogens is 1. The van der Waals surface area contributed by atoms with E-state index in [1.807, 2.05) is 12.3 Å². The van der Waals surface area contributed by atoms with Gasteiger partial charge in [-0.05, 0) is 36.6 Å². The molecule has 16 heavy (non-hydrogen) atoms. The van der Waals surface area contributed by atoms with Gasteiger partial charge in [0.05, 0.1) is 5.02 Å². The average Bonchev–Trinajstić information content (AvgIpc) is 2.81. The first kappa shape index (κ1) is 10.5. The van der Waals surface area contributed by atoms with Crippen molar-refractivity contribution in [2.45, 2.75) is 6.54 Å². The Hall–Kier alpha value is -0.640. The zero-order chi connectivity index (χ0) is 11.0. The molecule has 0 spiro atoms. The molecule has 1 N–H and O–H groups in total.